The maximum Gasteiger partial charge on any atom is 0.320 e. The van der Waals surface area contributed by atoms with Gasteiger partial charge in [0.1, 0.15) is 11.8 Å². The van der Waals surface area contributed by atoms with Crippen molar-refractivity contribution < 1.29 is 14.3 Å². The highest BCUT2D eigenvalue weighted by molar-refractivity contribution is 6.00. The van der Waals surface area contributed by atoms with Gasteiger partial charge in [-0.2, -0.15) is 10.2 Å². The minimum Gasteiger partial charge on any atom is -0.463 e. The quantitative estimate of drug-likeness (QED) is 0.833. The van der Waals surface area contributed by atoms with Crippen LogP contribution >= 0.6 is 0 Å². The Labute approximate surface area is 169 Å². The van der Waals surface area contributed by atoms with Crippen molar-refractivity contribution in [3.63, 3.8) is 0 Å². The number of rotatable bonds is 3. The number of aromatic nitrogens is 1. The number of pyridine rings is 1. The molecule has 0 bridgehead atoms. The van der Waals surface area contributed by atoms with Crippen molar-refractivity contribution >= 4 is 23.4 Å². The minimum absolute atomic E-state index is 0.0780. The Morgan fingerprint density at radius 1 is 1.31 bits per heavy atom. The Hall–Kier alpha value is -3.60. The van der Waals surface area contributed by atoms with E-state index in [-0.39, 0.29) is 23.2 Å². The lowest BCUT2D eigenvalue weighted by molar-refractivity contribution is -0.125. The first-order valence-electron chi connectivity index (χ1n) is 9.24. The molecule has 2 N–H and O–H groups in total. The number of fused-ring (bicyclic) bond motifs is 1. The molecule has 3 amide bonds. The smallest absolute Gasteiger partial charge is 0.320 e. The third-order valence-corrected chi connectivity index (χ3v) is 4.19. The maximum absolute atomic E-state index is 12.7. The fraction of sp³-hybridized carbons (Fsp3) is 0.333. The average Bonchev–Trinajstić information content (AvgIpc) is 2.64. The van der Waals surface area contributed by atoms with Gasteiger partial charge in [0.25, 0.3) is 5.91 Å². The number of anilines is 2. The summed E-state index contributed by atoms with van der Waals surface area (Å²) in [5.74, 6) is 0.0468. The molecule has 2 heterocycles. The topological polar surface area (TPSA) is 107 Å². The number of carbonyl (C=O) groups excluding carboxylic acids is 2. The number of carbonyl (C=O) groups is 2. The number of hydrogen-bond acceptors (Lipinski definition) is 5. The van der Waals surface area contributed by atoms with Crippen molar-refractivity contribution in [2.24, 2.45) is 0 Å². The first-order valence-corrected chi connectivity index (χ1v) is 9.24. The van der Waals surface area contributed by atoms with E-state index in [1.807, 2.05) is 57.2 Å². The lowest BCUT2D eigenvalue weighted by atomic mass is 10.1. The molecule has 0 fully saturated rings. The molecule has 0 radical (unpaired) electrons. The van der Waals surface area contributed by atoms with Gasteiger partial charge >= 0.3 is 6.03 Å². The molecule has 1 aromatic heterocycles. The van der Waals surface area contributed by atoms with Crippen LogP contribution in [0.4, 0.5) is 16.3 Å². The highest BCUT2D eigenvalue weighted by Gasteiger charge is 2.34. The molecule has 0 spiro atoms. The number of urea groups is 1. The number of nitrogens with one attached hydrogen (secondary N) is 2. The Morgan fingerprint density at radius 3 is 2.62 bits per heavy atom. The molecule has 1 aromatic carbocycles. The van der Waals surface area contributed by atoms with Gasteiger partial charge in [-0.3, -0.25) is 15.0 Å². The van der Waals surface area contributed by atoms with Crippen LogP contribution in [0.5, 0.6) is 5.88 Å². The predicted octanol–water partition coefficient (Wildman–Crippen LogP) is 3.19. The molecule has 3 rings (SSSR count). The second-order valence-electron chi connectivity index (χ2n) is 7.82. The van der Waals surface area contributed by atoms with Gasteiger partial charge in [0, 0.05) is 5.54 Å². The molecule has 1 aliphatic rings. The molecule has 0 saturated carbocycles. The molecule has 0 aliphatic carbocycles. The fourth-order valence-corrected chi connectivity index (χ4v) is 2.91. The van der Waals surface area contributed by atoms with Crippen molar-refractivity contribution in [3.05, 3.63) is 47.5 Å². The molecule has 0 unspecified atom stereocenters. The number of nitriles is 1. The Kier molecular flexibility index (Phi) is 5.41. The van der Waals surface area contributed by atoms with Crippen molar-refractivity contribution in [1.29, 1.82) is 5.26 Å². The standard InChI is InChI=1S/C21H23N5O3/c1-13-19(27)26(12-14-8-6-5-7-9-14)16-10-15(11-22)17(23-18(16)29-13)24-20(28)25-21(2,3)4/h5-10,13H,12H2,1-4H3,(H2,23,24,25,28)/t13-/m1/s1. The van der Waals surface area contributed by atoms with Crippen molar-refractivity contribution in [3.8, 4) is 11.9 Å². The zero-order valence-corrected chi connectivity index (χ0v) is 16.8. The molecule has 1 atom stereocenters. The summed E-state index contributed by atoms with van der Waals surface area (Å²) in [6.07, 6.45) is -0.733. The van der Waals surface area contributed by atoms with Crippen molar-refractivity contribution in [2.75, 3.05) is 10.2 Å². The second kappa shape index (κ2) is 7.80. The van der Waals surface area contributed by atoms with Crippen LogP contribution < -0.4 is 20.3 Å². The minimum atomic E-state index is -0.733. The van der Waals surface area contributed by atoms with Gasteiger partial charge in [0.05, 0.1) is 12.1 Å². The fourth-order valence-electron chi connectivity index (χ4n) is 2.91. The van der Waals surface area contributed by atoms with Crippen LogP contribution in [0.3, 0.4) is 0 Å². The van der Waals surface area contributed by atoms with Gasteiger partial charge in [0.15, 0.2) is 11.9 Å². The van der Waals surface area contributed by atoms with Crippen LogP contribution in [0.15, 0.2) is 36.4 Å². The second-order valence-corrected chi connectivity index (χ2v) is 7.82. The largest absolute Gasteiger partial charge is 0.463 e. The molecular weight excluding hydrogens is 370 g/mol. The normalized spacial score (nSPS) is 15.8. The van der Waals surface area contributed by atoms with Crippen molar-refractivity contribution in [1.82, 2.24) is 10.3 Å². The molecular formula is C21H23N5O3. The summed E-state index contributed by atoms with van der Waals surface area (Å²) in [5, 5.41) is 14.9. The zero-order chi connectivity index (χ0) is 21.2. The Balaban J connectivity index is 1.96. The third-order valence-electron chi connectivity index (χ3n) is 4.19. The molecule has 0 saturated heterocycles. The third kappa shape index (κ3) is 4.63. The summed E-state index contributed by atoms with van der Waals surface area (Å²) in [7, 11) is 0. The summed E-state index contributed by atoms with van der Waals surface area (Å²) in [6, 6.07) is 12.6. The SMILES string of the molecule is C[C@H]1Oc2nc(NC(=O)NC(C)(C)C)c(C#N)cc2N(Cc2ccccc2)C1=O. The van der Waals surface area contributed by atoms with E-state index in [0.717, 1.165) is 5.56 Å². The van der Waals surface area contributed by atoms with E-state index in [1.165, 1.54) is 6.07 Å². The summed E-state index contributed by atoms with van der Waals surface area (Å²) in [4.78, 5) is 30.8. The molecule has 8 nitrogen and oxygen atoms in total. The number of amides is 3. The van der Waals surface area contributed by atoms with E-state index in [0.29, 0.717) is 12.2 Å². The lowest BCUT2D eigenvalue weighted by Gasteiger charge is -2.32. The van der Waals surface area contributed by atoms with Crippen LogP contribution in [0.1, 0.15) is 38.8 Å². The van der Waals surface area contributed by atoms with Gasteiger partial charge in [0.2, 0.25) is 5.88 Å². The van der Waals surface area contributed by atoms with Gasteiger partial charge in [-0.1, -0.05) is 30.3 Å². The number of benzene rings is 1. The molecule has 29 heavy (non-hydrogen) atoms. The van der Waals surface area contributed by atoms with Gasteiger partial charge in [-0.25, -0.2) is 4.79 Å². The predicted molar refractivity (Wildman–Crippen MR) is 109 cm³/mol. The number of ether oxygens (including phenoxy) is 1. The van der Waals surface area contributed by atoms with Gasteiger partial charge in [-0.15, -0.1) is 0 Å². The number of nitrogens with zero attached hydrogens (tertiary/aromatic N) is 3. The summed E-state index contributed by atoms with van der Waals surface area (Å²) >= 11 is 0. The van der Waals surface area contributed by atoms with Crippen LogP contribution in [-0.2, 0) is 11.3 Å². The van der Waals surface area contributed by atoms with E-state index in [9.17, 15) is 14.9 Å². The van der Waals surface area contributed by atoms with Gasteiger partial charge < -0.3 is 10.1 Å². The van der Waals surface area contributed by atoms with E-state index in [4.69, 9.17) is 4.74 Å². The van der Waals surface area contributed by atoms with Crippen molar-refractivity contribution in [2.45, 2.75) is 45.9 Å². The zero-order valence-electron chi connectivity index (χ0n) is 16.8. The number of hydrogen-bond donors (Lipinski definition) is 2. The van der Waals surface area contributed by atoms with Crippen LogP contribution in [0.2, 0.25) is 0 Å². The first-order chi connectivity index (χ1) is 13.7. The summed E-state index contributed by atoms with van der Waals surface area (Å²) < 4.78 is 5.65. The Bertz CT molecular complexity index is 976. The van der Waals surface area contributed by atoms with E-state index >= 15 is 0 Å². The van der Waals surface area contributed by atoms with Crippen LogP contribution in [0, 0.1) is 11.3 Å². The summed E-state index contributed by atoms with van der Waals surface area (Å²) in [5.41, 5.74) is 1.02. The molecule has 150 valence electrons. The molecule has 2 aromatic rings. The monoisotopic (exact) mass is 393 g/mol. The molecule has 1 aliphatic heterocycles. The molecule has 8 heteroatoms. The summed E-state index contributed by atoms with van der Waals surface area (Å²) in [6.45, 7) is 7.49. The van der Waals surface area contributed by atoms with E-state index < -0.39 is 17.7 Å². The maximum atomic E-state index is 12.7. The van der Waals surface area contributed by atoms with Crippen LogP contribution in [0.25, 0.3) is 0 Å². The van der Waals surface area contributed by atoms with Gasteiger partial charge in [-0.05, 0) is 39.3 Å². The highest BCUT2D eigenvalue weighted by Crippen LogP contribution is 2.36. The van der Waals surface area contributed by atoms with Crippen LogP contribution in [-0.4, -0.2) is 28.6 Å². The highest BCUT2D eigenvalue weighted by atomic mass is 16.5. The lowest BCUT2D eigenvalue weighted by Crippen LogP contribution is -2.45. The van der Waals surface area contributed by atoms with E-state index in [2.05, 4.69) is 15.6 Å². The average molecular weight is 393 g/mol. The first kappa shape index (κ1) is 20.1. The van der Waals surface area contributed by atoms with E-state index in [1.54, 1.807) is 11.8 Å². The Morgan fingerprint density at radius 2 is 2.00 bits per heavy atom.